The van der Waals surface area contributed by atoms with Crippen LogP contribution in [0.5, 0.6) is 11.5 Å². The van der Waals surface area contributed by atoms with Gasteiger partial charge in [-0.1, -0.05) is 36.7 Å². The number of halogens is 1. The first-order valence-corrected chi connectivity index (χ1v) is 15.9. The van der Waals surface area contributed by atoms with E-state index in [-0.39, 0.29) is 34.6 Å². The summed E-state index contributed by atoms with van der Waals surface area (Å²) in [5.41, 5.74) is 0.414. The van der Waals surface area contributed by atoms with Crippen molar-refractivity contribution in [1.82, 2.24) is 10.2 Å². The van der Waals surface area contributed by atoms with Crippen molar-refractivity contribution < 1.29 is 32.4 Å². The van der Waals surface area contributed by atoms with E-state index in [1.165, 1.54) is 56.4 Å². The number of nitro groups is 1. The van der Waals surface area contributed by atoms with Gasteiger partial charge in [0.2, 0.25) is 11.8 Å². The number of nitro benzene ring substituents is 1. The summed E-state index contributed by atoms with van der Waals surface area (Å²) < 4.78 is 40.0. The van der Waals surface area contributed by atoms with Crippen LogP contribution < -0.4 is 19.1 Å². The Balaban J connectivity index is 2.16. The first-order chi connectivity index (χ1) is 21.2. The number of methoxy groups -OCH3 is 2. The fourth-order valence-electron chi connectivity index (χ4n) is 4.46. The maximum absolute atomic E-state index is 14.2. The van der Waals surface area contributed by atoms with Gasteiger partial charge in [0.15, 0.2) is 0 Å². The number of rotatable bonds is 14. The van der Waals surface area contributed by atoms with Crippen molar-refractivity contribution >= 4 is 44.8 Å². The van der Waals surface area contributed by atoms with Gasteiger partial charge in [-0.15, -0.1) is 0 Å². The van der Waals surface area contributed by atoms with Gasteiger partial charge in [0.05, 0.1) is 29.7 Å². The molecule has 2 amide bonds. The number of carbonyl (C=O) groups excluding carboxylic acids is 2. The van der Waals surface area contributed by atoms with E-state index in [0.717, 1.165) is 10.4 Å². The van der Waals surface area contributed by atoms with Crippen molar-refractivity contribution in [2.24, 2.45) is 0 Å². The number of nitrogens with zero attached hydrogens (tertiary/aromatic N) is 3. The third-order valence-electron chi connectivity index (χ3n) is 7.31. The zero-order valence-electron chi connectivity index (χ0n) is 25.9. The third-order valence-corrected chi connectivity index (χ3v) is 9.30. The molecule has 0 bridgehead atoms. The van der Waals surface area contributed by atoms with E-state index in [2.05, 4.69) is 5.32 Å². The van der Waals surface area contributed by atoms with Gasteiger partial charge in [0.1, 0.15) is 24.1 Å². The fraction of sp³-hybridized carbons (Fsp3) is 0.355. The molecule has 1 N–H and O–H groups in total. The van der Waals surface area contributed by atoms with Crippen LogP contribution in [0.15, 0.2) is 65.6 Å². The molecule has 2 atom stereocenters. The zero-order valence-corrected chi connectivity index (χ0v) is 27.5. The van der Waals surface area contributed by atoms with Gasteiger partial charge in [-0.3, -0.25) is 24.0 Å². The molecule has 45 heavy (non-hydrogen) atoms. The smallest absolute Gasteiger partial charge is 0.273 e. The average molecular weight is 661 g/mol. The highest BCUT2D eigenvalue weighted by atomic mass is 35.5. The second kappa shape index (κ2) is 15.1. The molecule has 3 aromatic rings. The van der Waals surface area contributed by atoms with Gasteiger partial charge in [0.25, 0.3) is 15.7 Å². The Morgan fingerprint density at radius 3 is 2.38 bits per heavy atom. The van der Waals surface area contributed by atoms with Crippen LogP contribution in [0.1, 0.15) is 38.3 Å². The number of aryl methyl sites for hydroxylation is 1. The molecule has 3 aromatic carbocycles. The number of ether oxygens (including phenoxy) is 2. The molecule has 0 aliphatic rings. The van der Waals surface area contributed by atoms with Crippen LogP contribution in [0.25, 0.3) is 0 Å². The SMILES string of the molecule is CCC(C)NC(=O)C(C)N(Cc1cccc(OC)c1)C(=O)CN(c1cc(Cl)ccc1OC)S(=O)(=O)c1ccc(C)c([N+](=O)[O-])c1. The summed E-state index contributed by atoms with van der Waals surface area (Å²) in [4.78, 5) is 39.3. The normalized spacial score (nSPS) is 12.5. The maximum atomic E-state index is 14.2. The average Bonchev–Trinajstić information content (AvgIpc) is 3.01. The third kappa shape index (κ3) is 8.43. The topological polar surface area (TPSA) is 148 Å². The molecule has 242 valence electrons. The van der Waals surface area contributed by atoms with Crippen molar-refractivity contribution in [3.8, 4) is 11.5 Å². The standard InChI is InChI=1S/C31H37ClN4O8S/c1-7-21(3)33-31(38)22(4)34(18-23-9-8-10-25(15-23)43-5)30(37)19-35(28-16-24(32)12-14-29(28)44-6)45(41,42)26-13-11-20(2)27(17-26)36(39)40/h8-17,21-22H,7,18-19H2,1-6H3,(H,33,38). The first kappa shape index (κ1) is 35.1. The summed E-state index contributed by atoms with van der Waals surface area (Å²) in [6.07, 6.45) is 0.658. The van der Waals surface area contributed by atoms with E-state index in [9.17, 15) is 28.1 Å². The molecule has 0 saturated heterocycles. The van der Waals surface area contributed by atoms with Crippen LogP contribution in [0, 0.1) is 17.0 Å². The van der Waals surface area contributed by atoms with Crippen molar-refractivity contribution in [2.45, 2.75) is 57.6 Å². The second-order valence-corrected chi connectivity index (χ2v) is 12.7. The molecule has 0 saturated carbocycles. The molecule has 3 rings (SSSR count). The molecule has 0 fully saturated rings. The summed E-state index contributed by atoms with van der Waals surface area (Å²) in [6, 6.07) is 13.5. The number of amides is 2. The number of nitrogens with one attached hydrogen (secondary N) is 1. The largest absolute Gasteiger partial charge is 0.497 e. The van der Waals surface area contributed by atoms with Crippen LogP contribution in [0.2, 0.25) is 5.02 Å². The second-order valence-electron chi connectivity index (χ2n) is 10.4. The zero-order chi connectivity index (χ0) is 33.5. The van der Waals surface area contributed by atoms with Gasteiger partial charge in [-0.25, -0.2) is 8.42 Å². The molecule has 0 aliphatic heterocycles. The van der Waals surface area contributed by atoms with Crippen molar-refractivity contribution in [2.75, 3.05) is 25.1 Å². The Hall–Kier alpha value is -4.36. The van der Waals surface area contributed by atoms with E-state index in [1.807, 2.05) is 13.8 Å². The molecular formula is C31H37ClN4O8S. The minimum atomic E-state index is -4.64. The maximum Gasteiger partial charge on any atom is 0.273 e. The van der Waals surface area contributed by atoms with Gasteiger partial charge < -0.3 is 19.7 Å². The summed E-state index contributed by atoms with van der Waals surface area (Å²) in [5, 5.41) is 14.7. The van der Waals surface area contributed by atoms with Gasteiger partial charge in [0, 0.05) is 29.2 Å². The molecular weight excluding hydrogens is 624 g/mol. The molecule has 12 nitrogen and oxygen atoms in total. The van der Waals surface area contributed by atoms with E-state index in [1.54, 1.807) is 31.2 Å². The molecule has 14 heteroatoms. The van der Waals surface area contributed by atoms with Crippen molar-refractivity contribution in [3.63, 3.8) is 0 Å². The Labute approximate surface area is 268 Å². The van der Waals surface area contributed by atoms with E-state index < -0.39 is 49.9 Å². The monoisotopic (exact) mass is 660 g/mol. The van der Waals surface area contributed by atoms with E-state index in [4.69, 9.17) is 21.1 Å². The highest BCUT2D eigenvalue weighted by Crippen LogP contribution is 2.36. The molecule has 0 aromatic heterocycles. The highest BCUT2D eigenvalue weighted by Gasteiger charge is 2.35. The lowest BCUT2D eigenvalue weighted by Crippen LogP contribution is -2.52. The van der Waals surface area contributed by atoms with Crippen LogP contribution >= 0.6 is 11.6 Å². The predicted octanol–water partition coefficient (Wildman–Crippen LogP) is 5.10. The Bertz CT molecular complexity index is 1670. The van der Waals surface area contributed by atoms with Crippen LogP contribution in [-0.2, 0) is 26.2 Å². The van der Waals surface area contributed by atoms with Gasteiger partial charge >= 0.3 is 0 Å². The lowest BCUT2D eigenvalue weighted by Gasteiger charge is -2.33. The summed E-state index contributed by atoms with van der Waals surface area (Å²) in [5.74, 6) is -0.536. The number of benzene rings is 3. The van der Waals surface area contributed by atoms with Crippen LogP contribution in [-0.4, -0.2) is 62.9 Å². The van der Waals surface area contributed by atoms with Crippen molar-refractivity contribution in [1.29, 1.82) is 0 Å². The van der Waals surface area contributed by atoms with Gasteiger partial charge in [-0.05, 0) is 69.2 Å². The molecule has 0 aliphatic carbocycles. The summed E-state index contributed by atoms with van der Waals surface area (Å²) in [7, 11) is -1.81. The summed E-state index contributed by atoms with van der Waals surface area (Å²) in [6.45, 7) is 5.94. The number of carbonyl (C=O) groups is 2. The molecule has 2 unspecified atom stereocenters. The minimum Gasteiger partial charge on any atom is -0.497 e. The minimum absolute atomic E-state index is 0.0539. The number of hydrogen-bond donors (Lipinski definition) is 1. The summed E-state index contributed by atoms with van der Waals surface area (Å²) >= 11 is 6.26. The van der Waals surface area contributed by atoms with Gasteiger partial charge in [-0.2, -0.15) is 0 Å². The number of sulfonamides is 1. The lowest BCUT2D eigenvalue weighted by atomic mass is 10.1. The van der Waals surface area contributed by atoms with E-state index in [0.29, 0.717) is 17.7 Å². The molecule has 0 radical (unpaired) electrons. The fourth-order valence-corrected chi connectivity index (χ4v) is 6.06. The Morgan fingerprint density at radius 2 is 1.76 bits per heavy atom. The highest BCUT2D eigenvalue weighted by molar-refractivity contribution is 7.92. The quantitative estimate of drug-likeness (QED) is 0.185. The predicted molar refractivity (Wildman–Crippen MR) is 171 cm³/mol. The van der Waals surface area contributed by atoms with Crippen LogP contribution in [0.4, 0.5) is 11.4 Å². The number of hydrogen-bond acceptors (Lipinski definition) is 8. The van der Waals surface area contributed by atoms with E-state index >= 15 is 0 Å². The Morgan fingerprint density at radius 1 is 1.04 bits per heavy atom. The number of anilines is 1. The Kier molecular flexibility index (Phi) is 11.8. The van der Waals surface area contributed by atoms with Crippen LogP contribution in [0.3, 0.4) is 0 Å². The first-order valence-electron chi connectivity index (χ1n) is 14.1. The molecule has 0 spiro atoms. The molecule has 0 heterocycles. The van der Waals surface area contributed by atoms with Crippen molar-refractivity contribution in [3.05, 3.63) is 86.9 Å². The lowest BCUT2D eigenvalue weighted by molar-refractivity contribution is -0.385.